The fourth-order valence-electron chi connectivity index (χ4n) is 2.11. The topological polar surface area (TPSA) is 66.6 Å². The predicted octanol–water partition coefficient (Wildman–Crippen LogP) is 2.16. The van der Waals surface area contributed by atoms with Gasteiger partial charge in [-0.1, -0.05) is 17.3 Å². The first kappa shape index (κ1) is 12.9. The van der Waals surface area contributed by atoms with Gasteiger partial charge in [0.05, 0.1) is 13.7 Å². The Morgan fingerprint density at radius 2 is 2.15 bits per heavy atom. The molecule has 2 heterocycles. The number of ether oxygens (including phenoxy) is 3. The summed E-state index contributed by atoms with van der Waals surface area (Å²) in [5.41, 5.74) is 0. The molecule has 0 unspecified atom stereocenters. The van der Waals surface area contributed by atoms with Crippen molar-refractivity contribution in [2.75, 3.05) is 20.3 Å². The zero-order valence-electron chi connectivity index (χ0n) is 11.2. The number of nitrogens with zero attached hydrogens (tertiary/aromatic N) is 2. The lowest BCUT2D eigenvalue weighted by atomic mass is 10.1. The highest BCUT2D eigenvalue weighted by atomic mass is 16.5. The summed E-state index contributed by atoms with van der Waals surface area (Å²) in [5.74, 6) is 2.72. The standard InChI is InChI=1S/C14H16N2O4/c1-17-11-4-2-3-5-12(11)19-9-13-15-14(16-20-13)10-6-7-18-8-10/h2-5,10H,6-9H2,1H3/t10-/m1/s1. The number of rotatable bonds is 5. The zero-order chi connectivity index (χ0) is 13.8. The maximum atomic E-state index is 5.64. The van der Waals surface area contributed by atoms with Crippen molar-refractivity contribution in [3.63, 3.8) is 0 Å². The van der Waals surface area contributed by atoms with Crippen LogP contribution in [-0.4, -0.2) is 30.5 Å². The lowest BCUT2D eigenvalue weighted by Crippen LogP contribution is -2.01. The molecule has 0 spiro atoms. The van der Waals surface area contributed by atoms with Crippen LogP contribution in [0.25, 0.3) is 0 Å². The second-order valence-electron chi connectivity index (χ2n) is 4.55. The average molecular weight is 276 g/mol. The van der Waals surface area contributed by atoms with Crippen molar-refractivity contribution in [2.45, 2.75) is 18.9 Å². The highest BCUT2D eigenvalue weighted by Crippen LogP contribution is 2.27. The van der Waals surface area contributed by atoms with E-state index in [2.05, 4.69) is 10.1 Å². The molecule has 2 aromatic rings. The molecule has 1 aromatic carbocycles. The Morgan fingerprint density at radius 1 is 1.30 bits per heavy atom. The van der Waals surface area contributed by atoms with Crippen molar-refractivity contribution in [2.24, 2.45) is 0 Å². The van der Waals surface area contributed by atoms with E-state index < -0.39 is 0 Å². The highest BCUT2D eigenvalue weighted by Gasteiger charge is 2.23. The third kappa shape index (κ3) is 2.75. The molecule has 1 saturated heterocycles. The van der Waals surface area contributed by atoms with Gasteiger partial charge in [0.15, 0.2) is 23.9 Å². The summed E-state index contributed by atoms with van der Waals surface area (Å²) in [6, 6.07) is 7.44. The van der Waals surface area contributed by atoms with E-state index in [0.717, 1.165) is 13.0 Å². The Morgan fingerprint density at radius 3 is 2.90 bits per heavy atom. The Bertz CT molecular complexity index is 564. The molecule has 1 aromatic heterocycles. The number of hydrogen-bond acceptors (Lipinski definition) is 6. The molecule has 0 amide bonds. The van der Waals surface area contributed by atoms with E-state index in [0.29, 0.717) is 29.8 Å². The number of para-hydroxylation sites is 2. The maximum absolute atomic E-state index is 5.64. The largest absolute Gasteiger partial charge is 0.493 e. The van der Waals surface area contributed by atoms with Crippen molar-refractivity contribution < 1.29 is 18.7 Å². The van der Waals surface area contributed by atoms with Crippen LogP contribution in [0.2, 0.25) is 0 Å². The summed E-state index contributed by atoms with van der Waals surface area (Å²) >= 11 is 0. The molecule has 0 aliphatic carbocycles. The van der Waals surface area contributed by atoms with E-state index in [-0.39, 0.29) is 12.5 Å². The quantitative estimate of drug-likeness (QED) is 0.833. The minimum atomic E-state index is 0.223. The molecule has 0 radical (unpaired) electrons. The molecule has 1 aliphatic heterocycles. The molecule has 0 saturated carbocycles. The van der Waals surface area contributed by atoms with Crippen molar-refractivity contribution in [3.8, 4) is 11.5 Å². The van der Waals surface area contributed by atoms with Crippen molar-refractivity contribution in [1.82, 2.24) is 10.1 Å². The summed E-state index contributed by atoms with van der Waals surface area (Å²) in [6.07, 6.45) is 0.937. The maximum Gasteiger partial charge on any atom is 0.264 e. The predicted molar refractivity (Wildman–Crippen MR) is 69.8 cm³/mol. The molecule has 0 bridgehead atoms. The number of hydrogen-bond donors (Lipinski definition) is 0. The molecule has 3 rings (SSSR count). The summed E-state index contributed by atoms with van der Waals surface area (Å²) < 4.78 is 21.4. The third-order valence-corrected chi connectivity index (χ3v) is 3.20. The summed E-state index contributed by atoms with van der Waals surface area (Å²) in [6.45, 7) is 1.64. The van der Waals surface area contributed by atoms with E-state index in [4.69, 9.17) is 18.7 Å². The number of benzene rings is 1. The van der Waals surface area contributed by atoms with E-state index in [1.807, 2.05) is 24.3 Å². The van der Waals surface area contributed by atoms with Gasteiger partial charge < -0.3 is 18.7 Å². The molecule has 20 heavy (non-hydrogen) atoms. The minimum absolute atomic E-state index is 0.223. The average Bonchev–Trinajstić information content (AvgIpc) is 3.16. The molecule has 6 heteroatoms. The molecule has 1 fully saturated rings. The van der Waals surface area contributed by atoms with Gasteiger partial charge in [0.2, 0.25) is 0 Å². The number of methoxy groups -OCH3 is 1. The molecular weight excluding hydrogens is 260 g/mol. The Balaban J connectivity index is 1.63. The fourth-order valence-corrected chi connectivity index (χ4v) is 2.11. The first-order valence-corrected chi connectivity index (χ1v) is 6.53. The van der Waals surface area contributed by atoms with Crippen LogP contribution in [0.15, 0.2) is 28.8 Å². The van der Waals surface area contributed by atoms with E-state index in [1.165, 1.54) is 0 Å². The van der Waals surface area contributed by atoms with Crippen LogP contribution in [0, 0.1) is 0 Å². The van der Waals surface area contributed by atoms with Crippen molar-refractivity contribution in [1.29, 1.82) is 0 Å². The second kappa shape index (κ2) is 5.92. The molecule has 106 valence electrons. The minimum Gasteiger partial charge on any atom is -0.493 e. The smallest absolute Gasteiger partial charge is 0.264 e. The molecule has 1 aliphatic rings. The van der Waals surface area contributed by atoms with Gasteiger partial charge in [-0.05, 0) is 18.6 Å². The Labute approximate surface area is 116 Å². The SMILES string of the molecule is COc1ccccc1OCc1nc([C@@H]2CCOC2)no1. The first-order valence-electron chi connectivity index (χ1n) is 6.53. The first-order chi connectivity index (χ1) is 9.86. The monoisotopic (exact) mass is 276 g/mol. The summed E-state index contributed by atoms with van der Waals surface area (Å²) in [4.78, 5) is 4.34. The van der Waals surface area contributed by atoms with Crippen LogP contribution in [0.3, 0.4) is 0 Å². The lowest BCUT2D eigenvalue weighted by molar-refractivity contribution is 0.192. The Hall–Kier alpha value is -2.08. The van der Waals surface area contributed by atoms with Gasteiger partial charge in [0.1, 0.15) is 0 Å². The zero-order valence-corrected chi connectivity index (χ0v) is 11.2. The van der Waals surface area contributed by atoms with E-state index in [1.54, 1.807) is 7.11 Å². The van der Waals surface area contributed by atoms with E-state index in [9.17, 15) is 0 Å². The van der Waals surface area contributed by atoms with Crippen molar-refractivity contribution in [3.05, 3.63) is 36.0 Å². The highest BCUT2D eigenvalue weighted by molar-refractivity contribution is 5.39. The second-order valence-corrected chi connectivity index (χ2v) is 4.55. The van der Waals surface area contributed by atoms with Crippen LogP contribution in [0.5, 0.6) is 11.5 Å². The van der Waals surface area contributed by atoms with Gasteiger partial charge in [0.25, 0.3) is 5.89 Å². The fraction of sp³-hybridized carbons (Fsp3) is 0.429. The van der Waals surface area contributed by atoms with Crippen LogP contribution in [0.1, 0.15) is 24.1 Å². The summed E-state index contributed by atoms with van der Waals surface area (Å²) in [5, 5.41) is 3.98. The van der Waals surface area contributed by atoms with Gasteiger partial charge in [-0.3, -0.25) is 0 Å². The summed E-state index contributed by atoms with van der Waals surface area (Å²) in [7, 11) is 1.60. The number of aromatic nitrogens is 2. The van der Waals surface area contributed by atoms with Gasteiger partial charge in [0, 0.05) is 12.5 Å². The van der Waals surface area contributed by atoms with E-state index >= 15 is 0 Å². The van der Waals surface area contributed by atoms with Gasteiger partial charge in [-0.25, -0.2) is 0 Å². The third-order valence-electron chi connectivity index (χ3n) is 3.20. The van der Waals surface area contributed by atoms with Gasteiger partial charge in [-0.15, -0.1) is 0 Å². The van der Waals surface area contributed by atoms with Gasteiger partial charge >= 0.3 is 0 Å². The van der Waals surface area contributed by atoms with Crippen LogP contribution in [-0.2, 0) is 11.3 Å². The molecule has 6 nitrogen and oxygen atoms in total. The van der Waals surface area contributed by atoms with Crippen LogP contribution < -0.4 is 9.47 Å². The molecule has 1 atom stereocenters. The molecule has 0 N–H and O–H groups in total. The normalized spacial score (nSPS) is 18.1. The van der Waals surface area contributed by atoms with Crippen molar-refractivity contribution >= 4 is 0 Å². The van der Waals surface area contributed by atoms with Crippen LogP contribution >= 0.6 is 0 Å². The Kier molecular flexibility index (Phi) is 3.83. The lowest BCUT2D eigenvalue weighted by Gasteiger charge is -2.07. The van der Waals surface area contributed by atoms with Crippen LogP contribution in [0.4, 0.5) is 0 Å². The molecular formula is C14H16N2O4. The van der Waals surface area contributed by atoms with Gasteiger partial charge in [-0.2, -0.15) is 4.98 Å².